The van der Waals surface area contributed by atoms with Crippen LogP contribution in [-0.2, 0) is 14.3 Å². The van der Waals surface area contributed by atoms with Crippen molar-refractivity contribution in [2.75, 3.05) is 13.2 Å². The first kappa shape index (κ1) is 16.3. The van der Waals surface area contributed by atoms with E-state index in [0.29, 0.717) is 13.0 Å². The smallest absolute Gasteiger partial charge is 0.328 e. The Hall–Kier alpha value is -1.79. The molecule has 1 fully saturated rings. The number of ether oxygens (including phenoxy) is 1. The molecule has 0 saturated carbocycles. The molecule has 0 spiro atoms. The number of hydrogen-bond acceptors (Lipinski definition) is 4. The molecule has 114 valence electrons. The fourth-order valence-corrected chi connectivity index (χ4v) is 2.26. The molecule has 0 aromatic heterocycles. The average Bonchev–Trinajstić information content (AvgIpc) is 2.37. The summed E-state index contributed by atoms with van der Waals surface area (Å²) in [6.07, 6.45) is 2.14. The molecule has 2 amide bonds. The number of piperidine rings is 1. The van der Waals surface area contributed by atoms with Gasteiger partial charge in [0.15, 0.2) is 0 Å². The Kier molecular flexibility index (Phi) is 6.27. The van der Waals surface area contributed by atoms with Crippen LogP contribution in [0.4, 0.5) is 4.79 Å². The van der Waals surface area contributed by atoms with Gasteiger partial charge in [-0.2, -0.15) is 0 Å². The molecule has 2 N–H and O–H groups in total. The Morgan fingerprint density at radius 2 is 2.10 bits per heavy atom. The third-order valence-corrected chi connectivity index (χ3v) is 3.17. The number of aliphatic carboxylic acids is 1. The van der Waals surface area contributed by atoms with Gasteiger partial charge in [0.25, 0.3) is 0 Å². The van der Waals surface area contributed by atoms with Crippen LogP contribution in [0.1, 0.15) is 39.5 Å². The lowest BCUT2D eigenvalue weighted by atomic mass is 10.0. The maximum absolute atomic E-state index is 12.1. The second-order valence-corrected chi connectivity index (χ2v) is 4.91. The predicted molar refractivity (Wildman–Crippen MR) is 71.2 cm³/mol. The van der Waals surface area contributed by atoms with Crippen molar-refractivity contribution in [1.82, 2.24) is 10.2 Å². The molecular formula is C13H22N2O5. The molecule has 1 rings (SSSR count). The van der Waals surface area contributed by atoms with Gasteiger partial charge < -0.3 is 20.1 Å². The third kappa shape index (κ3) is 4.71. The first-order chi connectivity index (χ1) is 9.45. The summed E-state index contributed by atoms with van der Waals surface area (Å²) in [5, 5.41) is 11.3. The van der Waals surface area contributed by atoms with Crippen molar-refractivity contribution in [3.8, 4) is 0 Å². The second kappa shape index (κ2) is 7.72. The largest absolute Gasteiger partial charge is 0.481 e. The highest BCUT2D eigenvalue weighted by Crippen LogP contribution is 2.18. The number of hydrogen-bond donors (Lipinski definition) is 2. The Morgan fingerprint density at radius 1 is 1.40 bits per heavy atom. The zero-order valence-electron chi connectivity index (χ0n) is 11.9. The Bertz CT molecular complexity index is 372. The van der Waals surface area contributed by atoms with Crippen molar-refractivity contribution in [1.29, 1.82) is 0 Å². The first-order valence-corrected chi connectivity index (χ1v) is 6.91. The van der Waals surface area contributed by atoms with E-state index >= 15 is 0 Å². The summed E-state index contributed by atoms with van der Waals surface area (Å²) in [7, 11) is 0. The van der Waals surface area contributed by atoms with Crippen LogP contribution in [0.5, 0.6) is 0 Å². The minimum Gasteiger partial charge on any atom is -0.481 e. The summed E-state index contributed by atoms with van der Waals surface area (Å²) in [6.45, 7) is 4.10. The van der Waals surface area contributed by atoms with E-state index in [0.717, 1.165) is 12.8 Å². The van der Waals surface area contributed by atoms with E-state index < -0.39 is 30.1 Å². The summed E-state index contributed by atoms with van der Waals surface area (Å²) in [6, 6.07) is -1.46. The Labute approximate surface area is 118 Å². The maximum atomic E-state index is 12.1. The van der Waals surface area contributed by atoms with E-state index in [2.05, 4.69) is 5.32 Å². The number of esters is 1. The zero-order valence-corrected chi connectivity index (χ0v) is 11.9. The number of nitrogens with zero attached hydrogens (tertiary/aromatic N) is 1. The molecule has 0 aromatic rings. The van der Waals surface area contributed by atoms with Gasteiger partial charge in [-0.15, -0.1) is 0 Å². The number of rotatable bonds is 5. The molecule has 0 aliphatic carbocycles. The van der Waals surface area contributed by atoms with Gasteiger partial charge in [-0.1, -0.05) is 0 Å². The quantitative estimate of drug-likeness (QED) is 0.734. The molecule has 1 saturated heterocycles. The Balaban J connectivity index is 2.62. The molecule has 0 aromatic carbocycles. The van der Waals surface area contributed by atoms with Crippen molar-refractivity contribution in [2.45, 2.75) is 51.6 Å². The van der Waals surface area contributed by atoms with Crippen LogP contribution in [0.15, 0.2) is 0 Å². The minimum atomic E-state index is -0.974. The highest BCUT2D eigenvalue weighted by atomic mass is 16.5. The standard InChI is InChI=1S/C13H22N2O5/c1-3-20-12(18)10-6-4-5-7-15(10)13(19)14-9(2)8-11(16)17/h9-10H,3-8H2,1-2H3,(H,14,19)(H,16,17). The number of carbonyl (C=O) groups excluding carboxylic acids is 2. The van der Waals surface area contributed by atoms with Gasteiger partial charge in [0.1, 0.15) is 6.04 Å². The lowest BCUT2D eigenvalue weighted by molar-refractivity contribution is -0.149. The van der Waals surface area contributed by atoms with E-state index in [1.54, 1.807) is 13.8 Å². The lowest BCUT2D eigenvalue weighted by Crippen LogP contribution is -2.54. The summed E-state index contributed by atoms with van der Waals surface area (Å²) in [5.74, 6) is -1.37. The van der Waals surface area contributed by atoms with Gasteiger partial charge in [0.05, 0.1) is 13.0 Å². The van der Waals surface area contributed by atoms with Gasteiger partial charge in [-0.3, -0.25) is 4.79 Å². The number of carbonyl (C=O) groups is 3. The van der Waals surface area contributed by atoms with E-state index in [1.165, 1.54) is 4.90 Å². The molecular weight excluding hydrogens is 264 g/mol. The highest BCUT2D eigenvalue weighted by molar-refractivity contribution is 5.84. The summed E-state index contributed by atoms with van der Waals surface area (Å²) < 4.78 is 4.98. The van der Waals surface area contributed by atoms with Crippen molar-refractivity contribution in [2.24, 2.45) is 0 Å². The summed E-state index contributed by atoms with van der Waals surface area (Å²) >= 11 is 0. The van der Waals surface area contributed by atoms with Gasteiger partial charge in [-0.05, 0) is 33.1 Å². The molecule has 7 nitrogen and oxygen atoms in total. The lowest BCUT2D eigenvalue weighted by Gasteiger charge is -2.34. The van der Waals surface area contributed by atoms with Crippen LogP contribution in [-0.4, -0.2) is 53.2 Å². The summed E-state index contributed by atoms with van der Waals surface area (Å²) in [5.41, 5.74) is 0. The number of carboxylic acid groups (broad SMARTS) is 1. The van der Waals surface area contributed by atoms with Crippen LogP contribution >= 0.6 is 0 Å². The molecule has 0 bridgehead atoms. The fraction of sp³-hybridized carbons (Fsp3) is 0.769. The number of carboxylic acids is 1. The minimum absolute atomic E-state index is 0.149. The average molecular weight is 286 g/mol. The van der Waals surface area contributed by atoms with Crippen molar-refractivity contribution in [3.05, 3.63) is 0 Å². The first-order valence-electron chi connectivity index (χ1n) is 6.91. The molecule has 1 aliphatic heterocycles. The topological polar surface area (TPSA) is 95.9 Å². The third-order valence-electron chi connectivity index (χ3n) is 3.17. The van der Waals surface area contributed by atoms with E-state index in [-0.39, 0.29) is 13.0 Å². The van der Waals surface area contributed by atoms with Gasteiger partial charge in [0.2, 0.25) is 0 Å². The summed E-state index contributed by atoms with van der Waals surface area (Å²) in [4.78, 5) is 36.0. The van der Waals surface area contributed by atoms with Gasteiger partial charge in [0, 0.05) is 12.6 Å². The molecule has 20 heavy (non-hydrogen) atoms. The molecule has 2 unspecified atom stereocenters. The monoisotopic (exact) mass is 286 g/mol. The van der Waals surface area contributed by atoms with E-state index in [4.69, 9.17) is 9.84 Å². The van der Waals surface area contributed by atoms with Gasteiger partial charge >= 0.3 is 18.0 Å². The SMILES string of the molecule is CCOC(=O)C1CCCCN1C(=O)NC(C)CC(=O)O. The van der Waals surface area contributed by atoms with Crippen molar-refractivity contribution >= 4 is 18.0 Å². The van der Waals surface area contributed by atoms with Crippen molar-refractivity contribution in [3.63, 3.8) is 0 Å². The second-order valence-electron chi connectivity index (χ2n) is 4.91. The number of nitrogens with one attached hydrogen (secondary N) is 1. The predicted octanol–water partition coefficient (Wildman–Crippen LogP) is 0.977. The van der Waals surface area contributed by atoms with Crippen LogP contribution < -0.4 is 5.32 Å². The fourth-order valence-electron chi connectivity index (χ4n) is 2.26. The van der Waals surface area contributed by atoms with Crippen molar-refractivity contribution < 1.29 is 24.2 Å². The van der Waals surface area contributed by atoms with Crippen LogP contribution in [0.3, 0.4) is 0 Å². The molecule has 7 heteroatoms. The van der Waals surface area contributed by atoms with Crippen LogP contribution in [0, 0.1) is 0 Å². The van der Waals surface area contributed by atoms with Crippen LogP contribution in [0.25, 0.3) is 0 Å². The molecule has 1 heterocycles. The van der Waals surface area contributed by atoms with Gasteiger partial charge in [-0.25, -0.2) is 9.59 Å². The number of urea groups is 1. The zero-order chi connectivity index (χ0) is 15.1. The van der Waals surface area contributed by atoms with E-state index in [9.17, 15) is 14.4 Å². The maximum Gasteiger partial charge on any atom is 0.328 e. The normalized spacial score (nSPS) is 20.1. The van der Waals surface area contributed by atoms with E-state index in [1.807, 2.05) is 0 Å². The number of likely N-dealkylation sites (tertiary alicyclic amines) is 1. The molecule has 0 radical (unpaired) electrons. The van der Waals surface area contributed by atoms with Crippen LogP contribution in [0.2, 0.25) is 0 Å². The number of amides is 2. The Morgan fingerprint density at radius 3 is 2.70 bits per heavy atom. The molecule has 1 aliphatic rings. The molecule has 2 atom stereocenters. The highest BCUT2D eigenvalue weighted by Gasteiger charge is 2.33.